The van der Waals surface area contributed by atoms with Crippen molar-refractivity contribution in [3.63, 3.8) is 0 Å². The highest BCUT2D eigenvalue weighted by molar-refractivity contribution is 7.98. The van der Waals surface area contributed by atoms with E-state index >= 15 is 0 Å². The number of nitrogens with zero attached hydrogens (tertiary/aromatic N) is 3. The number of nitrogens with one attached hydrogen (secondary N) is 1. The molecule has 1 aromatic heterocycles. The first kappa shape index (κ1) is 19.4. The summed E-state index contributed by atoms with van der Waals surface area (Å²) < 4.78 is 2.29. The number of hydrogen-bond acceptors (Lipinski definition) is 5. The van der Waals surface area contributed by atoms with Crippen LogP contribution in [0.25, 0.3) is 0 Å². The molecule has 0 unspecified atom stereocenters. The van der Waals surface area contributed by atoms with Crippen molar-refractivity contribution in [2.45, 2.75) is 49.7 Å². The fourth-order valence-corrected chi connectivity index (χ4v) is 4.06. The van der Waals surface area contributed by atoms with E-state index in [1.54, 1.807) is 36.0 Å². The predicted molar refractivity (Wildman–Crippen MR) is 105 cm³/mol. The Morgan fingerprint density at radius 3 is 2.48 bits per heavy atom. The molecule has 0 spiro atoms. The number of carbonyl (C=O) groups is 2. The fraction of sp³-hybridized carbons (Fsp3) is 0.474. The van der Waals surface area contributed by atoms with E-state index in [2.05, 4.69) is 20.1 Å². The third kappa shape index (κ3) is 4.68. The van der Waals surface area contributed by atoms with Crippen LogP contribution in [0.15, 0.2) is 29.4 Å². The zero-order chi connectivity index (χ0) is 19.2. The number of rotatable bonds is 8. The maximum Gasteiger partial charge on any atom is 0.251 e. The number of hydrogen-bond donors (Lipinski definition) is 2. The highest BCUT2D eigenvalue weighted by Crippen LogP contribution is 2.33. The maximum atomic E-state index is 12.2. The third-order valence-electron chi connectivity index (χ3n) is 4.90. The molecule has 144 valence electrons. The van der Waals surface area contributed by atoms with Crippen LogP contribution < -0.4 is 11.1 Å². The number of aryl methyl sites for hydroxylation is 1. The lowest BCUT2D eigenvalue weighted by atomic mass is 10.1. The van der Waals surface area contributed by atoms with E-state index in [4.69, 9.17) is 5.73 Å². The molecule has 0 aliphatic heterocycles. The smallest absolute Gasteiger partial charge is 0.251 e. The van der Waals surface area contributed by atoms with Crippen molar-refractivity contribution in [1.82, 2.24) is 20.1 Å². The molecule has 1 saturated carbocycles. The van der Waals surface area contributed by atoms with Gasteiger partial charge in [-0.15, -0.1) is 10.2 Å². The Morgan fingerprint density at radius 1 is 1.19 bits per heavy atom. The molecule has 1 aromatic carbocycles. The second-order valence-corrected chi connectivity index (χ2v) is 7.49. The third-order valence-corrected chi connectivity index (χ3v) is 5.55. The van der Waals surface area contributed by atoms with Crippen molar-refractivity contribution in [2.24, 2.45) is 5.73 Å². The minimum absolute atomic E-state index is 0.159. The lowest BCUT2D eigenvalue weighted by Gasteiger charge is -2.16. The van der Waals surface area contributed by atoms with Crippen LogP contribution in [0, 0.1) is 0 Å². The Kier molecular flexibility index (Phi) is 6.49. The number of carbonyl (C=O) groups excluding carboxylic acids is 2. The van der Waals surface area contributed by atoms with Crippen LogP contribution in [0.5, 0.6) is 0 Å². The first-order valence-corrected chi connectivity index (χ1v) is 10.5. The molecule has 27 heavy (non-hydrogen) atoms. The van der Waals surface area contributed by atoms with E-state index in [-0.39, 0.29) is 5.91 Å². The van der Waals surface area contributed by atoms with E-state index in [9.17, 15) is 9.59 Å². The Hall–Kier alpha value is -2.35. The molecule has 2 aromatic rings. The number of aromatic nitrogens is 3. The Morgan fingerprint density at radius 2 is 1.85 bits per heavy atom. The van der Waals surface area contributed by atoms with Crippen molar-refractivity contribution in [3.8, 4) is 0 Å². The Balaban J connectivity index is 1.52. The number of thioether (sulfide) groups is 1. The molecule has 1 aliphatic rings. The van der Waals surface area contributed by atoms with E-state index in [1.165, 1.54) is 25.7 Å². The molecule has 0 bridgehead atoms. The lowest BCUT2D eigenvalue weighted by Crippen LogP contribution is -2.25. The summed E-state index contributed by atoms with van der Waals surface area (Å²) in [7, 11) is 0. The minimum atomic E-state index is -0.502. The predicted octanol–water partition coefficient (Wildman–Crippen LogP) is 2.58. The summed E-state index contributed by atoms with van der Waals surface area (Å²) in [5.74, 6) is 0.345. The van der Waals surface area contributed by atoms with Crippen LogP contribution in [0.2, 0.25) is 0 Å². The standard InChI is InChI=1S/C19H25N5O2S/c1-27-19-23-22-16(24(19)15-5-2-3-6-15)7-4-12-21-18(26)14-10-8-13(9-11-14)17(20)25/h8-11,15H,2-7,12H2,1H3,(H2,20,25)(H,21,26). The molecule has 1 fully saturated rings. The van der Waals surface area contributed by atoms with Crippen LogP contribution in [0.4, 0.5) is 0 Å². The Bertz CT molecular complexity index is 797. The van der Waals surface area contributed by atoms with Crippen molar-refractivity contribution >= 4 is 23.6 Å². The molecule has 0 saturated heterocycles. The van der Waals surface area contributed by atoms with Crippen LogP contribution in [0.1, 0.15) is 64.7 Å². The molecule has 1 aliphatic carbocycles. The molecule has 1 heterocycles. The molecule has 3 N–H and O–H groups in total. The van der Waals surface area contributed by atoms with Gasteiger partial charge in [-0.25, -0.2) is 0 Å². The van der Waals surface area contributed by atoms with Gasteiger partial charge in [0, 0.05) is 30.1 Å². The van der Waals surface area contributed by atoms with Gasteiger partial charge in [0.2, 0.25) is 5.91 Å². The van der Waals surface area contributed by atoms with Gasteiger partial charge in [0.25, 0.3) is 5.91 Å². The van der Waals surface area contributed by atoms with Gasteiger partial charge in [0.15, 0.2) is 5.16 Å². The maximum absolute atomic E-state index is 12.2. The first-order chi connectivity index (χ1) is 13.1. The summed E-state index contributed by atoms with van der Waals surface area (Å²) in [4.78, 5) is 23.3. The highest BCUT2D eigenvalue weighted by atomic mass is 32.2. The number of benzene rings is 1. The highest BCUT2D eigenvalue weighted by Gasteiger charge is 2.23. The summed E-state index contributed by atoms with van der Waals surface area (Å²) in [6, 6.07) is 6.85. The number of nitrogens with two attached hydrogens (primary N) is 1. The summed E-state index contributed by atoms with van der Waals surface area (Å²) in [6.07, 6.45) is 8.52. The van der Waals surface area contributed by atoms with Crippen LogP contribution >= 0.6 is 11.8 Å². The molecular weight excluding hydrogens is 362 g/mol. The second kappa shape index (κ2) is 9.03. The van der Waals surface area contributed by atoms with Crippen molar-refractivity contribution in [2.75, 3.05) is 12.8 Å². The van der Waals surface area contributed by atoms with Crippen molar-refractivity contribution in [1.29, 1.82) is 0 Å². The van der Waals surface area contributed by atoms with Gasteiger partial charge in [-0.05, 0) is 49.8 Å². The topological polar surface area (TPSA) is 103 Å². The van der Waals surface area contributed by atoms with Crippen molar-refractivity contribution < 1.29 is 9.59 Å². The Labute approximate surface area is 163 Å². The van der Waals surface area contributed by atoms with E-state index in [0.29, 0.717) is 23.7 Å². The SMILES string of the molecule is CSc1nnc(CCCNC(=O)c2ccc(C(N)=O)cc2)n1C1CCCC1. The largest absolute Gasteiger partial charge is 0.366 e. The van der Waals surface area contributed by atoms with E-state index in [1.807, 2.05) is 6.26 Å². The minimum Gasteiger partial charge on any atom is -0.366 e. The normalized spacial score (nSPS) is 14.4. The average Bonchev–Trinajstić information content (AvgIpc) is 3.34. The van der Waals surface area contributed by atoms with E-state index < -0.39 is 5.91 Å². The molecular formula is C19H25N5O2S. The molecule has 7 nitrogen and oxygen atoms in total. The summed E-state index contributed by atoms with van der Waals surface area (Å²) in [6.45, 7) is 0.558. The quantitative estimate of drug-likeness (QED) is 0.535. The molecule has 0 radical (unpaired) electrons. The zero-order valence-corrected chi connectivity index (χ0v) is 16.3. The van der Waals surface area contributed by atoms with Crippen molar-refractivity contribution in [3.05, 3.63) is 41.2 Å². The van der Waals surface area contributed by atoms with Gasteiger partial charge < -0.3 is 15.6 Å². The van der Waals surface area contributed by atoms with E-state index in [0.717, 1.165) is 23.8 Å². The molecule has 3 rings (SSSR count). The molecule has 8 heteroatoms. The first-order valence-electron chi connectivity index (χ1n) is 9.26. The summed E-state index contributed by atoms with van der Waals surface area (Å²) >= 11 is 1.63. The number of primary amides is 1. The van der Waals surface area contributed by atoms with Crippen LogP contribution in [-0.2, 0) is 6.42 Å². The van der Waals surface area contributed by atoms with Gasteiger partial charge in [0.05, 0.1) is 0 Å². The zero-order valence-electron chi connectivity index (χ0n) is 15.5. The van der Waals surface area contributed by atoms with Crippen LogP contribution in [-0.4, -0.2) is 39.4 Å². The second-order valence-electron chi connectivity index (χ2n) is 6.71. The van der Waals surface area contributed by atoms with Crippen LogP contribution in [0.3, 0.4) is 0 Å². The van der Waals surface area contributed by atoms with Gasteiger partial charge in [-0.3, -0.25) is 9.59 Å². The van der Waals surface area contributed by atoms with Gasteiger partial charge in [-0.2, -0.15) is 0 Å². The number of amides is 2. The fourth-order valence-electron chi connectivity index (χ4n) is 3.48. The van der Waals surface area contributed by atoms with Gasteiger partial charge in [-0.1, -0.05) is 24.6 Å². The monoisotopic (exact) mass is 387 g/mol. The van der Waals surface area contributed by atoms with Gasteiger partial charge in [0.1, 0.15) is 5.82 Å². The molecule has 0 atom stereocenters. The summed E-state index contributed by atoms with van der Waals surface area (Å²) in [5, 5.41) is 12.6. The summed E-state index contributed by atoms with van der Waals surface area (Å²) in [5.41, 5.74) is 6.11. The molecule has 2 amide bonds. The van der Waals surface area contributed by atoms with Gasteiger partial charge >= 0.3 is 0 Å². The lowest BCUT2D eigenvalue weighted by molar-refractivity contribution is 0.0950. The average molecular weight is 388 g/mol.